The number of carbonyl (C=O) groups is 1. The number of nitrogens with zero attached hydrogens (tertiary/aromatic N) is 3. The molecule has 6 nitrogen and oxygen atoms in total. The minimum absolute atomic E-state index is 0.0707. The number of aromatic nitrogens is 2. The monoisotopic (exact) mass is 328 g/mol. The van der Waals surface area contributed by atoms with Crippen LogP contribution in [0, 0.1) is 0 Å². The summed E-state index contributed by atoms with van der Waals surface area (Å²) in [6, 6.07) is 5.98. The molecule has 0 bridgehead atoms. The molecule has 0 spiro atoms. The van der Waals surface area contributed by atoms with Gasteiger partial charge in [-0.2, -0.15) is 0 Å². The number of oxazole rings is 1. The number of carbonyl (C=O) groups excluding carboxylic acids is 1. The van der Waals surface area contributed by atoms with Crippen LogP contribution in [0.25, 0.3) is 0 Å². The molecule has 1 amide bonds. The second kappa shape index (κ2) is 8.06. The zero-order chi connectivity index (χ0) is 16.8. The lowest BCUT2D eigenvalue weighted by molar-refractivity contribution is 0.0614. The van der Waals surface area contributed by atoms with Crippen molar-refractivity contribution in [3.05, 3.63) is 47.9 Å². The molecule has 0 radical (unpaired) electrons. The van der Waals surface area contributed by atoms with Gasteiger partial charge in [-0.3, -0.25) is 9.78 Å². The maximum Gasteiger partial charge on any atom is 0.276 e. The first-order chi connectivity index (χ1) is 11.8. The number of amides is 1. The fraction of sp³-hybridized carbons (Fsp3) is 0.500. The van der Waals surface area contributed by atoms with Crippen molar-refractivity contribution in [2.45, 2.75) is 45.2 Å². The third-order valence-corrected chi connectivity index (χ3v) is 4.30. The Labute approximate surface area is 142 Å². The molecule has 0 aliphatic carbocycles. The average molecular weight is 328 g/mol. The minimum atomic E-state index is -0.0707. The van der Waals surface area contributed by atoms with Crippen LogP contribution in [-0.2, 0) is 13.0 Å². The molecule has 6 heteroatoms. The van der Waals surface area contributed by atoms with Crippen LogP contribution < -0.4 is 5.32 Å². The van der Waals surface area contributed by atoms with Gasteiger partial charge in [-0.1, -0.05) is 13.0 Å². The fourth-order valence-corrected chi connectivity index (χ4v) is 3.04. The zero-order valence-corrected chi connectivity index (χ0v) is 14.1. The summed E-state index contributed by atoms with van der Waals surface area (Å²) >= 11 is 0. The summed E-state index contributed by atoms with van der Waals surface area (Å²) in [4.78, 5) is 23.7. The molecule has 2 aromatic heterocycles. The van der Waals surface area contributed by atoms with Crippen molar-refractivity contribution in [3.8, 4) is 0 Å². The van der Waals surface area contributed by atoms with E-state index in [1.807, 2.05) is 23.1 Å². The number of hydrogen-bond acceptors (Lipinski definition) is 5. The second-order valence-electron chi connectivity index (χ2n) is 6.11. The van der Waals surface area contributed by atoms with Crippen molar-refractivity contribution >= 4 is 5.91 Å². The second-order valence-corrected chi connectivity index (χ2v) is 6.11. The van der Waals surface area contributed by atoms with Crippen LogP contribution in [-0.4, -0.2) is 39.9 Å². The molecule has 0 saturated carbocycles. The molecule has 0 aromatic carbocycles. The van der Waals surface area contributed by atoms with Gasteiger partial charge in [-0.25, -0.2) is 4.98 Å². The van der Waals surface area contributed by atoms with Gasteiger partial charge in [-0.05, 0) is 44.5 Å². The largest absolute Gasteiger partial charge is 0.448 e. The first kappa shape index (κ1) is 16.6. The van der Waals surface area contributed by atoms with E-state index in [4.69, 9.17) is 4.42 Å². The van der Waals surface area contributed by atoms with Gasteiger partial charge in [0, 0.05) is 18.7 Å². The third kappa shape index (κ3) is 4.00. The van der Waals surface area contributed by atoms with Gasteiger partial charge in [0.2, 0.25) is 0 Å². The van der Waals surface area contributed by atoms with Crippen molar-refractivity contribution in [1.82, 2.24) is 20.2 Å². The first-order valence-corrected chi connectivity index (χ1v) is 8.64. The lowest BCUT2D eigenvalue weighted by Gasteiger charge is -2.34. The van der Waals surface area contributed by atoms with Gasteiger partial charge in [-0.15, -0.1) is 0 Å². The van der Waals surface area contributed by atoms with E-state index >= 15 is 0 Å². The quantitative estimate of drug-likeness (QED) is 0.882. The Morgan fingerprint density at radius 2 is 2.21 bits per heavy atom. The number of pyridine rings is 1. The zero-order valence-electron chi connectivity index (χ0n) is 14.1. The van der Waals surface area contributed by atoms with E-state index in [9.17, 15) is 4.79 Å². The molecule has 1 saturated heterocycles. The highest BCUT2D eigenvalue weighted by atomic mass is 16.3. The molecular weight excluding hydrogens is 304 g/mol. The number of aryl methyl sites for hydroxylation is 1. The smallest absolute Gasteiger partial charge is 0.276 e. The van der Waals surface area contributed by atoms with Crippen molar-refractivity contribution in [2.75, 3.05) is 13.1 Å². The lowest BCUT2D eigenvalue weighted by atomic mass is 10.0. The third-order valence-electron chi connectivity index (χ3n) is 4.30. The summed E-state index contributed by atoms with van der Waals surface area (Å²) in [5.74, 6) is 0.558. The first-order valence-electron chi connectivity index (χ1n) is 8.64. The molecule has 1 aliphatic heterocycles. The molecule has 2 aromatic rings. The molecular formula is C18H24N4O2. The summed E-state index contributed by atoms with van der Waals surface area (Å²) in [5, 5.41) is 3.35. The van der Waals surface area contributed by atoms with Gasteiger partial charge < -0.3 is 14.6 Å². The van der Waals surface area contributed by atoms with Crippen LogP contribution in [0.1, 0.15) is 48.3 Å². The van der Waals surface area contributed by atoms with Gasteiger partial charge in [0.15, 0.2) is 11.6 Å². The fourth-order valence-electron chi connectivity index (χ4n) is 3.04. The predicted octanol–water partition coefficient (Wildman–Crippen LogP) is 2.42. The SMILES string of the molecule is CCCc1nc(C(=O)N(Cc2ccccn2)C2CCNCC2)co1. The van der Waals surface area contributed by atoms with E-state index in [-0.39, 0.29) is 11.9 Å². The molecule has 3 heterocycles. The number of rotatable bonds is 6. The maximum absolute atomic E-state index is 13.0. The van der Waals surface area contributed by atoms with Crippen molar-refractivity contribution in [2.24, 2.45) is 0 Å². The van der Waals surface area contributed by atoms with Crippen LogP contribution in [0.5, 0.6) is 0 Å². The van der Waals surface area contributed by atoms with Gasteiger partial charge >= 0.3 is 0 Å². The van der Waals surface area contributed by atoms with E-state index in [1.165, 1.54) is 6.26 Å². The summed E-state index contributed by atoms with van der Waals surface area (Å²) in [6.07, 6.45) is 6.83. The van der Waals surface area contributed by atoms with E-state index < -0.39 is 0 Å². The summed E-state index contributed by atoms with van der Waals surface area (Å²) in [7, 11) is 0. The van der Waals surface area contributed by atoms with Crippen molar-refractivity contribution < 1.29 is 9.21 Å². The van der Waals surface area contributed by atoms with Crippen LogP contribution >= 0.6 is 0 Å². The molecule has 1 fully saturated rings. The standard InChI is InChI=1S/C18H24N4O2/c1-2-5-17-21-16(13-24-17)18(23)22(15-7-10-19-11-8-15)12-14-6-3-4-9-20-14/h3-4,6,9,13,15,19H,2,5,7-8,10-12H2,1H3. The van der Waals surface area contributed by atoms with Crippen molar-refractivity contribution in [3.63, 3.8) is 0 Å². The Kier molecular flexibility index (Phi) is 5.59. The number of nitrogens with one attached hydrogen (secondary N) is 1. The van der Waals surface area contributed by atoms with Gasteiger partial charge in [0.1, 0.15) is 6.26 Å². The van der Waals surface area contributed by atoms with E-state index in [2.05, 4.69) is 22.2 Å². The van der Waals surface area contributed by atoms with Crippen LogP contribution in [0.4, 0.5) is 0 Å². The Balaban J connectivity index is 1.80. The molecule has 24 heavy (non-hydrogen) atoms. The molecule has 128 valence electrons. The highest BCUT2D eigenvalue weighted by Crippen LogP contribution is 2.18. The predicted molar refractivity (Wildman–Crippen MR) is 90.5 cm³/mol. The van der Waals surface area contributed by atoms with Crippen molar-refractivity contribution in [1.29, 1.82) is 0 Å². The van der Waals surface area contributed by atoms with Crippen LogP contribution in [0.2, 0.25) is 0 Å². The minimum Gasteiger partial charge on any atom is -0.448 e. The number of piperidine rings is 1. The normalized spacial score (nSPS) is 15.4. The Morgan fingerprint density at radius 3 is 2.92 bits per heavy atom. The highest BCUT2D eigenvalue weighted by Gasteiger charge is 2.28. The highest BCUT2D eigenvalue weighted by molar-refractivity contribution is 5.92. The van der Waals surface area contributed by atoms with Gasteiger partial charge in [0.25, 0.3) is 5.91 Å². The Hall–Kier alpha value is -2.21. The summed E-state index contributed by atoms with van der Waals surface area (Å²) in [6.45, 7) is 4.42. The lowest BCUT2D eigenvalue weighted by Crippen LogP contribution is -2.46. The number of hydrogen-bond donors (Lipinski definition) is 1. The molecule has 0 atom stereocenters. The molecule has 1 N–H and O–H groups in total. The Morgan fingerprint density at radius 1 is 1.38 bits per heavy atom. The topological polar surface area (TPSA) is 71.3 Å². The Bertz CT molecular complexity index is 650. The van der Waals surface area contributed by atoms with E-state index in [1.54, 1.807) is 6.20 Å². The average Bonchev–Trinajstić information content (AvgIpc) is 3.10. The van der Waals surface area contributed by atoms with Gasteiger partial charge in [0.05, 0.1) is 12.2 Å². The molecule has 3 rings (SSSR count). The van der Waals surface area contributed by atoms with Crippen LogP contribution in [0.3, 0.4) is 0 Å². The van der Waals surface area contributed by atoms with E-state index in [0.717, 1.165) is 44.5 Å². The molecule has 0 unspecified atom stereocenters. The van der Waals surface area contributed by atoms with Crippen LogP contribution in [0.15, 0.2) is 35.1 Å². The maximum atomic E-state index is 13.0. The summed E-state index contributed by atoms with van der Waals surface area (Å²) in [5.41, 5.74) is 1.29. The summed E-state index contributed by atoms with van der Waals surface area (Å²) < 4.78 is 5.43. The molecule has 1 aliphatic rings. The van der Waals surface area contributed by atoms with E-state index in [0.29, 0.717) is 18.1 Å².